The van der Waals surface area contributed by atoms with Crippen LogP contribution >= 0.6 is 0 Å². The lowest BCUT2D eigenvalue weighted by atomic mass is 10.00. The molecule has 1 fully saturated rings. The molecular weight excluding hydrogens is 352 g/mol. The number of pyridine rings is 1. The Morgan fingerprint density at radius 2 is 2.14 bits per heavy atom. The lowest BCUT2D eigenvalue weighted by molar-refractivity contribution is -0.132. The number of hydrogen-bond donors (Lipinski definition) is 0. The first-order valence-electron chi connectivity index (χ1n) is 10.5. The third-order valence-electron chi connectivity index (χ3n) is 6.17. The van der Waals surface area contributed by atoms with Crippen molar-refractivity contribution < 1.29 is 9.53 Å². The van der Waals surface area contributed by atoms with E-state index in [1.54, 1.807) is 6.20 Å². The summed E-state index contributed by atoms with van der Waals surface area (Å²) in [6.07, 6.45) is 9.61. The van der Waals surface area contributed by atoms with Crippen molar-refractivity contribution in [3.05, 3.63) is 40.8 Å². The molecule has 2 aromatic rings. The summed E-state index contributed by atoms with van der Waals surface area (Å²) in [7, 11) is 1.98. The molecule has 0 atom stereocenters. The van der Waals surface area contributed by atoms with Crippen LogP contribution in [-0.2, 0) is 31.4 Å². The van der Waals surface area contributed by atoms with Gasteiger partial charge in [0.15, 0.2) is 0 Å². The number of aryl methyl sites for hydroxylation is 2. The second-order valence-corrected chi connectivity index (χ2v) is 8.21. The smallest absolute Gasteiger partial charge is 0.222 e. The summed E-state index contributed by atoms with van der Waals surface area (Å²) in [6.45, 7) is 3.83. The highest BCUT2D eigenvalue weighted by molar-refractivity contribution is 5.76. The highest BCUT2D eigenvalue weighted by Crippen LogP contribution is 2.29. The van der Waals surface area contributed by atoms with Crippen LogP contribution in [0.4, 0.5) is 0 Å². The van der Waals surface area contributed by atoms with Gasteiger partial charge in [-0.3, -0.25) is 9.48 Å². The molecule has 0 N–H and O–H groups in total. The third-order valence-corrected chi connectivity index (χ3v) is 6.17. The second kappa shape index (κ2) is 8.33. The molecule has 0 saturated heterocycles. The topological polar surface area (TPSA) is 60.3 Å². The fraction of sp³-hybridized carbons (Fsp3) is 0.591. The molecule has 2 aliphatic rings. The third kappa shape index (κ3) is 4.21. The van der Waals surface area contributed by atoms with E-state index in [4.69, 9.17) is 4.74 Å². The van der Waals surface area contributed by atoms with Crippen LogP contribution in [0.5, 0.6) is 5.88 Å². The van der Waals surface area contributed by atoms with Gasteiger partial charge in [0.1, 0.15) is 12.3 Å². The molecule has 6 heteroatoms. The van der Waals surface area contributed by atoms with Crippen molar-refractivity contribution in [2.75, 3.05) is 6.54 Å². The van der Waals surface area contributed by atoms with Crippen LogP contribution in [-0.4, -0.2) is 32.1 Å². The summed E-state index contributed by atoms with van der Waals surface area (Å²) in [5.74, 6) is 1.65. The fourth-order valence-corrected chi connectivity index (χ4v) is 4.51. The Labute approximate surface area is 166 Å². The minimum atomic E-state index is 0.286. The van der Waals surface area contributed by atoms with Crippen molar-refractivity contribution in [2.45, 2.75) is 65.0 Å². The van der Waals surface area contributed by atoms with E-state index < -0.39 is 0 Å². The Kier molecular flexibility index (Phi) is 5.64. The summed E-state index contributed by atoms with van der Waals surface area (Å²) in [6, 6.07) is 3.87. The van der Waals surface area contributed by atoms with Crippen molar-refractivity contribution in [3.63, 3.8) is 0 Å². The Bertz CT molecular complexity index is 839. The number of rotatable bonds is 6. The Hall–Kier alpha value is -2.37. The van der Waals surface area contributed by atoms with Crippen LogP contribution in [0.1, 0.15) is 61.0 Å². The molecule has 0 aromatic carbocycles. The van der Waals surface area contributed by atoms with Crippen LogP contribution in [0.15, 0.2) is 18.3 Å². The van der Waals surface area contributed by atoms with E-state index in [-0.39, 0.29) is 5.91 Å². The predicted molar refractivity (Wildman–Crippen MR) is 107 cm³/mol. The van der Waals surface area contributed by atoms with Gasteiger partial charge in [-0.05, 0) is 30.9 Å². The molecule has 0 spiro atoms. The molecule has 3 heterocycles. The molecule has 0 radical (unpaired) electrons. The van der Waals surface area contributed by atoms with E-state index in [1.807, 2.05) is 35.7 Å². The van der Waals surface area contributed by atoms with Gasteiger partial charge in [0.05, 0.1) is 0 Å². The van der Waals surface area contributed by atoms with Crippen LogP contribution in [0.2, 0.25) is 0 Å². The maximum absolute atomic E-state index is 12.8. The number of amides is 1. The highest BCUT2D eigenvalue weighted by atomic mass is 16.5. The molecule has 150 valence electrons. The zero-order valence-corrected chi connectivity index (χ0v) is 17.0. The van der Waals surface area contributed by atoms with Crippen molar-refractivity contribution in [3.8, 4) is 5.88 Å². The normalized spacial score (nSPS) is 17.0. The largest absolute Gasteiger partial charge is 0.471 e. The van der Waals surface area contributed by atoms with Gasteiger partial charge in [0, 0.05) is 56.5 Å². The maximum Gasteiger partial charge on any atom is 0.222 e. The minimum absolute atomic E-state index is 0.286. The van der Waals surface area contributed by atoms with Gasteiger partial charge >= 0.3 is 0 Å². The van der Waals surface area contributed by atoms with Gasteiger partial charge in [-0.15, -0.1) is 0 Å². The van der Waals surface area contributed by atoms with Gasteiger partial charge < -0.3 is 9.64 Å². The highest BCUT2D eigenvalue weighted by Gasteiger charge is 2.27. The van der Waals surface area contributed by atoms with Gasteiger partial charge in [0.2, 0.25) is 11.8 Å². The molecule has 2 aromatic heterocycles. The van der Waals surface area contributed by atoms with E-state index in [9.17, 15) is 4.79 Å². The number of carbonyl (C=O) groups excluding carboxylic acids is 1. The average Bonchev–Trinajstić information content (AvgIpc) is 3.32. The minimum Gasteiger partial charge on any atom is -0.471 e. The first-order valence-corrected chi connectivity index (χ1v) is 10.5. The van der Waals surface area contributed by atoms with Crippen molar-refractivity contribution in [1.82, 2.24) is 19.7 Å². The Morgan fingerprint density at radius 1 is 1.32 bits per heavy atom. The van der Waals surface area contributed by atoms with Gasteiger partial charge in [-0.1, -0.05) is 25.7 Å². The molecule has 1 aliphatic carbocycles. The number of ether oxygens (including phenoxy) is 1. The lowest BCUT2D eigenvalue weighted by Gasteiger charge is -2.28. The zero-order valence-electron chi connectivity index (χ0n) is 17.0. The van der Waals surface area contributed by atoms with Crippen molar-refractivity contribution in [1.29, 1.82) is 0 Å². The fourth-order valence-electron chi connectivity index (χ4n) is 4.51. The standard InChI is InChI=1S/C22H30N4O2/c1-16-9-11-23-21(13-16)28-15-19-18-14-26(12-10-20(18)25(2)24-19)22(27)8-7-17-5-3-4-6-17/h9,11,13,17H,3-8,10,12,14-15H2,1-2H3. The number of aromatic nitrogens is 3. The van der Waals surface area contributed by atoms with E-state index in [2.05, 4.69) is 10.1 Å². The molecule has 6 nitrogen and oxygen atoms in total. The molecule has 1 saturated carbocycles. The molecule has 1 aliphatic heterocycles. The second-order valence-electron chi connectivity index (χ2n) is 8.21. The summed E-state index contributed by atoms with van der Waals surface area (Å²) in [5.41, 5.74) is 4.40. The Morgan fingerprint density at radius 3 is 2.93 bits per heavy atom. The summed E-state index contributed by atoms with van der Waals surface area (Å²) >= 11 is 0. The molecule has 4 rings (SSSR count). The predicted octanol–water partition coefficient (Wildman–Crippen LogP) is 3.56. The van der Waals surface area contributed by atoms with E-state index in [0.717, 1.165) is 42.1 Å². The molecule has 28 heavy (non-hydrogen) atoms. The summed E-state index contributed by atoms with van der Waals surface area (Å²) in [4.78, 5) is 19.0. The number of carbonyl (C=O) groups is 1. The number of nitrogens with zero attached hydrogens (tertiary/aromatic N) is 4. The first kappa shape index (κ1) is 19.0. The van der Waals surface area contributed by atoms with Crippen LogP contribution < -0.4 is 4.74 Å². The molecule has 0 unspecified atom stereocenters. The summed E-state index contributed by atoms with van der Waals surface area (Å²) in [5, 5.41) is 4.66. The van der Waals surface area contributed by atoms with Crippen molar-refractivity contribution in [2.24, 2.45) is 13.0 Å². The number of hydrogen-bond acceptors (Lipinski definition) is 4. The van der Waals surface area contributed by atoms with E-state index in [1.165, 1.54) is 31.4 Å². The lowest BCUT2D eigenvalue weighted by Crippen LogP contribution is -2.36. The van der Waals surface area contributed by atoms with Gasteiger partial charge in [-0.2, -0.15) is 5.10 Å². The molecular formula is C22H30N4O2. The number of fused-ring (bicyclic) bond motifs is 1. The molecule has 1 amide bonds. The average molecular weight is 383 g/mol. The van der Waals surface area contributed by atoms with E-state index in [0.29, 0.717) is 25.5 Å². The van der Waals surface area contributed by atoms with E-state index >= 15 is 0 Å². The van der Waals surface area contributed by atoms with Gasteiger partial charge in [-0.25, -0.2) is 4.98 Å². The maximum atomic E-state index is 12.8. The van der Waals surface area contributed by atoms with Crippen molar-refractivity contribution >= 4 is 5.91 Å². The quantitative estimate of drug-likeness (QED) is 0.766. The Balaban J connectivity index is 1.40. The first-order chi connectivity index (χ1) is 13.6. The van der Waals surface area contributed by atoms with Crippen LogP contribution in [0.3, 0.4) is 0 Å². The zero-order chi connectivity index (χ0) is 19.5. The summed E-state index contributed by atoms with van der Waals surface area (Å²) < 4.78 is 7.82. The van der Waals surface area contributed by atoms with Gasteiger partial charge in [0.25, 0.3) is 0 Å². The SMILES string of the molecule is Cc1ccnc(OCc2nn(C)c3c2CN(C(=O)CCC2CCCC2)CC3)c1. The van der Waals surface area contributed by atoms with Crippen LogP contribution in [0.25, 0.3) is 0 Å². The monoisotopic (exact) mass is 382 g/mol. The van der Waals surface area contributed by atoms with Crippen LogP contribution in [0, 0.1) is 12.8 Å². The molecule has 0 bridgehead atoms.